The first-order valence-electron chi connectivity index (χ1n) is 6.25. The van der Waals surface area contributed by atoms with Gasteiger partial charge in [0.25, 0.3) is 0 Å². The van der Waals surface area contributed by atoms with Crippen molar-refractivity contribution in [3.8, 4) is 0 Å². The molecule has 1 fully saturated rings. The molecule has 7 heteroatoms. The number of aromatic carboxylic acids is 1. The van der Waals surface area contributed by atoms with Gasteiger partial charge in [0.15, 0.2) is 11.5 Å². The Hall–Kier alpha value is -1.73. The van der Waals surface area contributed by atoms with Crippen LogP contribution in [0.4, 0.5) is 5.82 Å². The van der Waals surface area contributed by atoms with Gasteiger partial charge in [-0.05, 0) is 25.0 Å². The summed E-state index contributed by atoms with van der Waals surface area (Å²) < 4.78 is 5.48. The molecule has 1 saturated heterocycles. The average Bonchev–Trinajstić information content (AvgIpc) is 2.46. The van der Waals surface area contributed by atoms with E-state index in [0.29, 0.717) is 12.4 Å². The second-order valence-electron chi connectivity index (χ2n) is 4.36. The van der Waals surface area contributed by atoms with E-state index in [-0.39, 0.29) is 18.4 Å². The first-order chi connectivity index (χ1) is 9.20. The van der Waals surface area contributed by atoms with Gasteiger partial charge in [-0.25, -0.2) is 4.79 Å². The molecule has 0 unspecified atom stereocenters. The van der Waals surface area contributed by atoms with Crippen LogP contribution < -0.4 is 4.90 Å². The fourth-order valence-electron chi connectivity index (χ4n) is 2.08. The maximum Gasteiger partial charge on any atom is 0.356 e. The summed E-state index contributed by atoms with van der Waals surface area (Å²) in [5.74, 6) is -0.388. The second-order valence-corrected chi connectivity index (χ2v) is 4.36. The third-order valence-electron chi connectivity index (χ3n) is 3.08. The Bertz CT molecular complexity index is 415. The number of carboxylic acids is 1. The van der Waals surface area contributed by atoms with Crippen LogP contribution in [0.5, 0.6) is 0 Å². The van der Waals surface area contributed by atoms with E-state index >= 15 is 0 Å². The van der Waals surface area contributed by atoms with Crippen molar-refractivity contribution in [1.82, 2.24) is 10.2 Å². The van der Waals surface area contributed by atoms with Gasteiger partial charge < -0.3 is 19.8 Å². The van der Waals surface area contributed by atoms with Crippen LogP contribution in [-0.4, -0.2) is 58.8 Å². The molecule has 19 heavy (non-hydrogen) atoms. The van der Waals surface area contributed by atoms with Gasteiger partial charge in [0, 0.05) is 13.1 Å². The summed E-state index contributed by atoms with van der Waals surface area (Å²) in [6, 6.07) is 3.13. The topological polar surface area (TPSA) is 95.8 Å². The number of hydrogen-bond acceptors (Lipinski definition) is 6. The number of rotatable bonds is 5. The summed E-state index contributed by atoms with van der Waals surface area (Å²) in [6.45, 7) is 1.99. The zero-order chi connectivity index (χ0) is 13.7. The number of anilines is 1. The molecule has 1 aromatic rings. The predicted octanol–water partition coefficient (Wildman–Crippen LogP) is 0.152. The highest BCUT2D eigenvalue weighted by Gasteiger charge is 2.21. The fraction of sp³-hybridized carbons (Fsp3) is 0.583. The highest BCUT2D eigenvalue weighted by Crippen LogP contribution is 2.19. The van der Waals surface area contributed by atoms with Crippen molar-refractivity contribution < 1.29 is 19.7 Å². The van der Waals surface area contributed by atoms with E-state index in [9.17, 15) is 4.79 Å². The van der Waals surface area contributed by atoms with Gasteiger partial charge in [-0.15, -0.1) is 10.2 Å². The minimum atomic E-state index is -1.07. The zero-order valence-electron chi connectivity index (χ0n) is 10.5. The van der Waals surface area contributed by atoms with Crippen molar-refractivity contribution in [3.05, 3.63) is 17.8 Å². The van der Waals surface area contributed by atoms with Crippen LogP contribution >= 0.6 is 0 Å². The van der Waals surface area contributed by atoms with Crippen LogP contribution in [0.25, 0.3) is 0 Å². The molecule has 2 heterocycles. The third kappa shape index (κ3) is 3.62. The summed E-state index contributed by atoms with van der Waals surface area (Å²) >= 11 is 0. The van der Waals surface area contributed by atoms with Crippen molar-refractivity contribution in [2.75, 3.05) is 31.2 Å². The molecule has 104 valence electrons. The molecule has 1 aliphatic heterocycles. The number of piperidine rings is 1. The lowest BCUT2D eigenvalue weighted by molar-refractivity contribution is 0.0158. The molecule has 1 aromatic heterocycles. The lowest BCUT2D eigenvalue weighted by Crippen LogP contribution is -2.38. The van der Waals surface area contributed by atoms with Crippen LogP contribution in [-0.2, 0) is 4.74 Å². The molecule has 0 atom stereocenters. The van der Waals surface area contributed by atoms with Gasteiger partial charge in [-0.2, -0.15) is 0 Å². The van der Waals surface area contributed by atoms with E-state index in [0.717, 1.165) is 25.9 Å². The number of hydrogen-bond donors (Lipinski definition) is 2. The monoisotopic (exact) mass is 267 g/mol. The molecule has 0 bridgehead atoms. The van der Waals surface area contributed by atoms with E-state index in [4.69, 9.17) is 14.9 Å². The maximum absolute atomic E-state index is 10.7. The van der Waals surface area contributed by atoms with Crippen molar-refractivity contribution >= 4 is 11.8 Å². The lowest BCUT2D eigenvalue weighted by Gasteiger charge is -2.32. The Kier molecular flexibility index (Phi) is 4.64. The fourth-order valence-corrected chi connectivity index (χ4v) is 2.08. The van der Waals surface area contributed by atoms with E-state index in [1.807, 2.05) is 0 Å². The highest BCUT2D eigenvalue weighted by atomic mass is 16.5. The molecule has 0 saturated carbocycles. The van der Waals surface area contributed by atoms with E-state index in [2.05, 4.69) is 15.1 Å². The molecule has 0 spiro atoms. The third-order valence-corrected chi connectivity index (χ3v) is 3.08. The lowest BCUT2D eigenvalue weighted by atomic mass is 10.1. The molecular formula is C12H17N3O4. The maximum atomic E-state index is 10.7. The van der Waals surface area contributed by atoms with Gasteiger partial charge >= 0.3 is 5.97 Å². The molecule has 7 nitrogen and oxygen atoms in total. The molecule has 2 rings (SSSR count). The van der Waals surface area contributed by atoms with E-state index in [1.165, 1.54) is 6.07 Å². The number of aromatic nitrogens is 2. The zero-order valence-corrected chi connectivity index (χ0v) is 10.5. The highest BCUT2D eigenvalue weighted by molar-refractivity contribution is 5.85. The van der Waals surface area contributed by atoms with Gasteiger partial charge in [-0.1, -0.05) is 0 Å². The Morgan fingerprint density at radius 2 is 2.11 bits per heavy atom. The van der Waals surface area contributed by atoms with Gasteiger partial charge in [0.05, 0.1) is 19.3 Å². The Morgan fingerprint density at radius 1 is 1.37 bits per heavy atom. The quantitative estimate of drug-likeness (QED) is 0.784. The number of aliphatic hydroxyl groups excluding tert-OH is 1. The SMILES string of the molecule is O=C(O)c1ccc(N2CCC(OCCO)CC2)nn1. The molecule has 0 aromatic carbocycles. The van der Waals surface area contributed by atoms with Crippen molar-refractivity contribution in [2.45, 2.75) is 18.9 Å². The largest absolute Gasteiger partial charge is 0.476 e. The first kappa shape index (κ1) is 13.7. The molecule has 0 amide bonds. The number of aliphatic hydroxyl groups is 1. The number of carbonyl (C=O) groups is 1. The first-order valence-corrected chi connectivity index (χ1v) is 6.25. The number of nitrogens with zero attached hydrogens (tertiary/aromatic N) is 3. The predicted molar refractivity (Wildman–Crippen MR) is 67.3 cm³/mol. The van der Waals surface area contributed by atoms with Gasteiger partial charge in [-0.3, -0.25) is 0 Å². The molecule has 2 N–H and O–H groups in total. The van der Waals surface area contributed by atoms with Crippen LogP contribution in [0.2, 0.25) is 0 Å². The van der Waals surface area contributed by atoms with Crippen LogP contribution in [0.1, 0.15) is 23.3 Å². The van der Waals surface area contributed by atoms with Crippen molar-refractivity contribution in [1.29, 1.82) is 0 Å². The Labute approximate surface area is 110 Å². The molecular weight excluding hydrogens is 250 g/mol. The van der Waals surface area contributed by atoms with Crippen molar-refractivity contribution in [2.24, 2.45) is 0 Å². The normalized spacial score (nSPS) is 16.6. The Morgan fingerprint density at radius 3 is 2.63 bits per heavy atom. The van der Waals surface area contributed by atoms with Crippen molar-refractivity contribution in [3.63, 3.8) is 0 Å². The summed E-state index contributed by atoms with van der Waals surface area (Å²) in [4.78, 5) is 12.7. The molecule has 0 radical (unpaired) electrons. The molecule has 0 aliphatic carbocycles. The minimum absolute atomic E-state index is 0.0440. The summed E-state index contributed by atoms with van der Waals surface area (Å²) in [5, 5.41) is 25.0. The summed E-state index contributed by atoms with van der Waals surface area (Å²) in [7, 11) is 0. The minimum Gasteiger partial charge on any atom is -0.476 e. The van der Waals surface area contributed by atoms with E-state index < -0.39 is 5.97 Å². The van der Waals surface area contributed by atoms with Gasteiger partial charge in [0.1, 0.15) is 0 Å². The van der Waals surface area contributed by atoms with Crippen LogP contribution in [0.15, 0.2) is 12.1 Å². The van der Waals surface area contributed by atoms with E-state index in [1.54, 1.807) is 6.07 Å². The average molecular weight is 267 g/mol. The summed E-state index contributed by atoms with van der Waals surface area (Å²) in [5.41, 5.74) is -0.0510. The van der Waals surface area contributed by atoms with Crippen LogP contribution in [0.3, 0.4) is 0 Å². The standard InChI is InChI=1S/C12H17N3O4/c16-7-8-19-9-3-5-15(6-4-9)11-2-1-10(12(17)18)13-14-11/h1-2,9,16H,3-8H2,(H,17,18). The summed E-state index contributed by atoms with van der Waals surface area (Å²) in [6.07, 6.45) is 1.90. The molecule has 1 aliphatic rings. The smallest absolute Gasteiger partial charge is 0.356 e. The Balaban J connectivity index is 1.88. The second kappa shape index (κ2) is 6.44. The number of ether oxygens (including phenoxy) is 1. The number of carboxylic acid groups (broad SMARTS) is 1. The van der Waals surface area contributed by atoms with Crippen LogP contribution in [0, 0.1) is 0 Å². The van der Waals surface area contributed by atoms with Gasteiger partial charge in [0.2, 0.25) is 0 Å².